The second kappa shape index (κ2) is 5.05. The minimum Gasteiger partial charge on any atom is -0.382 e. The maximum Gasteiger partial charge on any atom is 0.143 e. The van der Waals surface area contributed by atoms with Crippen LogP contribution in [0.15, 0.2) is 18.2 Å². The fraction of sp³-hybridized carbons (Fsp3) is 0.538. The standard InChI is InChI=1S/C13H17ClFN/c1-9-3-2-4-10(7-9)16-11-5-6-12(14)13(15)8-11/h5-6,8-10,16H,2-4,7H2,1H3. The van der Waals surface area contributed by atoms with Gasteiger partial charge in [-0.15, -0.1) is 0 Å². The fourth-order valence-electron chi connectivity index (χ4n) is 2.39. The summed E-state index contributed by atoms with van der Waals surface area (Å²) < 4.78 is 13.2. The molecule has 2 atom stereocenters. The molecule has 1 aromatic rings. The number of anilines is 1. The molecule has 1 fully saturated rings. The van der Waals surface area contributed by atoms with E-state index in [2.05, 4.69) is 12.2 Å². The Hall–Kier alpha value is -0.760. The van der Waals surface area contributed by atoms with E-state index in [4.69, 9.17) is 11.6 Å². The largest absolute Gasteiger partial charge is 0.382 e. The van der Waals surface area contributed by atoms with E-state index in [1.54, 1.807) is 6.07 Å². The first-order chi connectivity index (χ1) is 7.65. The van der Waals surface area contributed by atoms with Gasteiger partial charge in [-0.3, -0.25) is 0 Å². The summed E-state index contributed by atoms with van der Waals surface area (Å²) in [5.41, 5.74) is 0.834. The highest BCUT2D eigenvalue weighted by atomic mass is 35.5. The van der Waals surface area contributed by atoms with Crippen molar-refractivity contribution in [2.24, 2.45) is 5.92 Å². The van der Waals surface area contributed by atoms with Crippen LogP contribution in [0.1, 0.15) is 32.6 Å². The number of hydrogen-bond acceptors (Lipinski definition) is 1. The third-order valence-corrected chi connectivity index (χ3v) is 3.53. The van der Waals surface area contributed by atoms with Crippen molar-refractivity contribution in [3.8, 4) is 0 Å². The molecule has 0 heterocycles. The van der Waals surface area contributed by atoms with Gasteiger partial charge >= 0.3 is 0 Å². The van der Waals surface area contributed by atoms with Gasteiger partial charge in [-0.2, -0.15) is 0 Å². The highest BCUT2D eigenvalue weighted by molar-refractivity contribution is 6.30. The molecule has 2 rings (SSSR count). The van der Waals surface area contributed by atoms with Gasteiger partial charge in [0.1, 0.15) is 5.82 Å². The van der Waals surface area contributed by atoms with E-state index in [1.165, 1.54) is 31.7 Å². The Labute approximate surface area is 101 Å². The van der Waals surface area contributed by atoms with Gasteiger partial charge in [0.25, 0.3) is 0 Å². The van der Waals surface area contributed by atoms with Crippen molar-refractivity contribution in [2.45, 2.75) is 38.6 Å². The zero-order chi connectivity index (χ0) is 11.5. The topological polar surface area (TPSA) is 12.0 Å². The van der Waals surface area contributed by atoms with Crippen LogP contribution in [0.5, 0.6) is 0 Å². The summed E-state index contributed by atoms with van der Waals surface area (Å²) in [5.74, 6) is 0.416. The van der Waals surface area contributed by atoms with Crippen LogP contribution in [0.3, 0.4) is 0 Å². The first-order valence-electron chi connectivity index (χ1n) is 5.87. The molecular weight excluding hydrogens is 225 g/mol. The van der Waals surface area contributed by atoms with Crippen LogP contribution in [-0.4, -0.2) is 6.04 Å². The van der Waals surface area contributed by atoms with Gasteiger partial charge in [-0.1, -0.05) is 31.4 Å². The van der Waals surface area contributed by atoms with Crippen molar-refractivity contribution in [3.63, 3.8) is 0 Å². The SMILES string of the molecule is CC1CCCC(Nc2ccc(Cl)c(F)c2)C1. The Morgan fingerprint density at radius 1 is 1.38 bits per heavy atom. The molecule has 0 saturated heterocycles. The molecule has 2 unspecified atom stereocenters. The lowest BCUT2D eigenvalue weighted by molar-refractivity contribution is 0.358. The average Bonchev–Trinajstić information content (AvgIpc) is 2.24. The lowest BCUT2D eigenvalue weighted by atomic mass is 9.87. The Bertz CT molecular complexity index is 367. The Morgan fingerprint density at radius 3 is 2.88 bits per heavy atom. The Morgan fingerprint density at radius 2 is 2.19 bits per heavy atom. The van der Waals surface area contributed by atoms with Crippen LogP contribution in [0.4, 0.5) is 10.1 Å². The third-order valence-electron chi connectivity index (χ3n) is 3.23. The molecule has 3 heteroatoms. The Kier molecular flexibility index (Phi) is 3.70. The fourth-order valence-corrected chi connectivity index (χ4v) is 2.50. The van der Waals surface area contributed by atoms with E-state index >= 15 is 0 Å². The number of rotatable bonds is 2. The van der Waals surface area contributed by atoms with Gasteiger partial charge in [0.2, 0.25) is 0 Å². The predicted octanol–water partition coefficient (Wildman–Crippen LogP) is 4.47. The molecule has 0 aliphatic heterocycles. The number of benzene rings is 1. The minimum absolute atomic E-state index is 0.183. The summed E-state index contributed by atoms with van der Waals surface area (Å²) in [6.07, 6.45) is 4.92. The molecule has 1 aliphatic carbocycles. The molecule has 16 heavy (non-hydrogen) atoms. The summed E-state index contributed by atoms with van der Waals surface area (Å²) in [5, 5.41) is 3.56. The summed E-state index contributed by atoms with van der Waals surface area (Å²) in [4.78, 5) is 0. The molecule has 1 nitrogen and oxygen atoms in total. The van der Waals surface area contributed by atoms with E-state index < -0.39 is 0 Å². The zero-order valence-electron chi connectivity index (χ0n) is 9.47. The van der Waals surface area contributed by atoms with Gasteiger partial charge in [0.15, 0.2) is 0 Å². The summed E-state index contributed by atoms with van der Waals surface area (Å²) in [6.45, 7) is 2.27. The molecule has 0 radical (unpaired) electrons. The van der Waals surface area contributed by atoms with Gasteiger partial charge < -0.3 is 5.32 Å². The monoisotopic (exact) mass is 241 g/mol. The average molecular weight is 242 g/mol. The molecular formula is C13H17ClFN. The molecule has 1 aliphatic rings. The maximum atomic E-state index is 13.2. The predicted molar refractivity (Wildman–Crippen MR) is 66.5 cm³/mol. The molecule has 0 bridgehead atoms. The quantitative estimate of drug-likeness (QED) is 0.806. The van der Waals surface area contributed by atoms with Gasteiger partial charge in [-0.25, -0.2) is 4.39 Å². The van der Waals surface area contributed by atoms with Crippen molar-refractivity contribution < 1.29 is 4.39 Å². The number of nitrogens with one attached hydrogen (secondary N) is 1. The molecule has 1 aromatic carbocycles. The van der Waals surface area contributed by atoms with Crippen LogP contribution in [0.25, 0.3) is 0 Å². The highest BCUT2D eigenvalue weighted by Crippen LogP contribution is 2.27. The molecule has 0 spiro atoms. The summed E-state index contributed by atoms with van der Waals surface area (Å²) >= 11 is 5.64. The van der Waals surface area contributed by atoms with E-state index in [0.29, 0.717) is 6.04 Å². The van der Waals surface area contributed by atoms with E-state index in [-0.39, 0.29) is 10.8 Å². The smallest absolute Gasteiger partial charge is 0.143 e. The van der Waals surface area contributed by atoms with Crippen LogP contribution < -0.4 is 5.32 Å². The third kappa shape index (κ3) is 2.88. The van der Waals surface area contributed by atoms with Gasteiger partial charge in [-0.05, 0) is 37.0 Å². The first kappa shape index (κ1) is 11.7. The van der Waals surface area contributed by atoms with Gasteiger partial charge in [0, 0.05) is 11.7 Å². The Balaban J connectivity index is 2.00. The number of hydrogen-bond donors (Lipinski definition) is 1. The maximum absolute atomic E-state index is 13.2. The highest BCUT2D eigenvalue weighted by Gasteiger charge is 2.18. The van der Waals surface area contributed by atoms with Crippen molar-refractivity contribution in [2.75, 3.05) is 5.32 Å². The zero-order valence-corrected chi connectivity index (χ0v) is 10.2. The van der Waals surface area contributed by atoms with Crippen molar-refractivity contribution in [1.82, 2.24) is 0 Å². The van der Waals surface area contributed by atoms with E-state index in [1.807, 2.05) is 6.07 Å². The molecule has 1 N–H and O–H groups in total. The van der Waals surface area contributed by atoms with Crippen molar-refractivity contribution in [3.05, 3.63) is 29.0 Å². The van der Waals surface area contributed by atoms with Crippen molar-refractivity contribution >= 4 is 17.3 Å². The molecule has 1 saturated carbocycles. The lowest BCUT2D eigenvalue weighted by Crippen LogP contribution is -2.26. The summed E-state index contributed by atoms with van der Waals surface area (Å²) in [6, 6.07) is 5.39. The number of halogens is 2. The van der Waals surface area contributed by atoms with Gasteiger partial charge in [0.05, 0.1) is 5.02 Å². The normalized spacial score (nSPS) is 25.4. The van der Waals surface area contributed by atoms with E-state index in [0.717, 1.165) is 11.6 Å². The van der Waals surface area contributed by atoms with E-state index in [9.17, 15) is 4.39 Å². The first-order valence-corrected chi connectivity index (χ1v) is 6.24. The van der Waals surface area contributed by atoms with Crippen molar-refractivity contribution in [1.29, 1.82) is 0 Å². The van der Waals surface area contributed by atoms with Crippen LogP contribution in [0, 0.1) is 11.7 Å². The molecule has 88 valence electrons. The molecule has 0 amide bonds. The summed E-state index contributed by atoms with van der Waals surface area (Å²) in [7, 11) is 0. The van der Waals surface area contributed by atoms with Crippen LogP contribution in [0.2, 0.25) is 5.02 Å². The van der Waals surface area contributed by atoms with Crippen LogP contribution >= 0.6 is 11.6 Å². The lowest BCUT2D eigenvalue weighted by Gasteiger charge is -2.28. The van der Waals surface area contributed by atoms with Crippen LogP contribution in [-0.2, 0) is 0 Å². The second-order valence-corrected chi connectivity index (χ2v) is 5.15. The molecule has 0 aromatic heterocycles. The minimum atomic E-state index is -0.351. The second-order valence-electron chi connectivity index (χ2n) is 4.74.